The van der Waals surface area contributed by atoms with Crippen LogP contribution >= 0.6 is 15.9 Å². The minimum Gasteiger partial charge on any atom is -0.497 e. The summed E-state index contributed by atoms with van der Waals surface area (Å²) in [6.45, 7) is 2.11. The van der Waals surface area contributed by atoms with Crippen molar-refractivity contribution in [2.24, 2.45) is 0 Å². The van der Waals surface area contributed by atoms with Gasteiger partial charge in [-0.15, -0.1) is 0 Å². The fourth-order valence-corrected chi connectivity index (χ4v) is 3.14. The molecule has 0 aliphatic rings. The zero-order valence-electron chi connectivity index (χ0n) is 15.6. The van der Waals surface area contributed by atoms with Crippen molar-refractivity contribution in [3.63, 3.8) is 0 Å². The average Bonchev–Trinajstić information content (AvgIpc) is 2.70. The average molecular weight is 442 g/mol. The number of benzene rings is 2. The molecule has 0 bridgehead atoms. The van der Waals surface area contributed by atoms with E-state index >= 15 is 0 Å². The molecule has 0 spiro atoms. The Morgan fingerprint density at radius 3 is 2.54 bits per heavy atom. The van der Waals surface area contributed by atoms with Gasteiger partial charge in [0.1, 0.15) is 5.75 Å². The van der Waals surface area contributed by atoms with E-state index in [1.807, 2.05) is 49.4 Å². The predicted molar refractivity (Wildman–Crippen MR) is 111 cm³/mol. The molecule has 0 aliphatic heterocycles. The zero-order chi connectivity index (χ0) is 20.1. The van der Waals surface area contributed by atoms with E-state index in [2.05, 4.69) is 31.5 Å². The molecule has 144 valence electrons. The number of pyridine rings is 1. The highest BCUT2D eigenvalue weighted by atomic mass is 79.9. The zero-order valence-corrected chi connectivity index (χ0v) is 17.2. The quantitative estimate of drug-likeness (QED) is 0.614. The summed E-state index contributed by atoms with van der Waals surface area (Å²) in [6, 6.07) is 14.7. The summed E-state index contributed by atoms with van der Waals surface area (Å²) < 4.78 is 5.96. The second-order valence-electron chi connectivity index (χ2n) is 6.28. The van der Waals surface area contributed by atoms with Crippen LogP contribution in [-0.4, -0.2) is 30.5 Å². The molecule has 0 unspecified atom stereocenters. The summed E-state index contributed by atoms with van der Waals surface area (Å²) in [5.74, 6) is 0.183. The van der Waals surface area contributed by atoms with Crippen LogP contribution in [0.3, 0.4) is 0 Å². The third-order valence-corrected chi connectivity index (χ3v) is 4.69. The highest BCUT2D eigenvalue weighted by molar-refractivity contribution is 9.10. The maximum atomic E-state index is 12.6. The number of nitrogens with zero attached hydrogens (tertiary/aromatic N) is 1. The van der Waals surface area contributed by atoms with Gasteiger partial charge in [0.15, 0.2) is 0 Å². The Kier molecular flexibility index (Phi) is 6.26. The van der Waals surface area contributed by atoms with Crippen LogP contribution in [0.25, 0.3) is 10.9 Å². The molecule has 0 fully saturated rings. The van der Waals surface area contributed by atoms with Gasteiger partial charge in [-0.3, -0.25) is 14.6 Å². The number of aryl methyl sites for hydroxylation is 1. The van der Waals surface area contributed by atoms with E-state index in [1.54, 1.807) is 13.2 Å². The van der Waals surface area contributed by atoms with Crippen molar-refractivity contribution >= 4 is 38.6 Å². The van der Waals surface area contributed by atoms with Gasteiger partial charge in [-0.2, -0.15) is 0 Å². The normalized spacial score (nSPS) is 10.5. The number of amides is 2. The minimum atomic E-state index is -0.312. The SMILES string of the molecule is COc1ccc(CNC(=O)CNC(=O)c2cc(C)nc3ccc(Br)cc23)cc1. The standard InChI is InChI=1S/C21H20BrN3O3/c1-13-9-18(17-10-15(22)5-8-19(17)25-13)21(27)24-12-20(26)23-11-14-3-6-16(28-2)7-4-14/h3-10H,11-12H2,1-2H3,(H,23,26)(H,24,27). The van der Waals surface area contributed by atoms with Crippen molar-refractivity contribution < 1.29 is 14.3 Å². The van der Waals surface area contributed by atoms with Gasteiger partial charge >= 0.3 is 0 Å². The second kappa shape index (κ2) is 8.84. The van der Waals surface area contributed by atoms with Crippen LogP contribution in [0, 0.1) is 6.92 Å². The molecule has 0 aliphatic carbocycles. The lowest BCUT2D eigenvalue weighted by atomic mass is 10.1. The number of carbonyl (C=O) groups is 2. The van der Waals surface area contributed by atoms with Crippen LogP contribution in [0.5, 0.6) is 5.75 Å². The summed E-state index contributed by atoms with van der Waals surface area (Å²) >= 11 is 3.42. The van der Waals surface area contributed by atoms with E-state index in [4.69, 9.17) is 4.74 Å². The number of halogens is 1. The molecule has 6 nitrogen and oxygen atoms in total. The Balaban J connectivity index is 1.61. The molecule has 0 atom stereocenters. The Bertz CT molecular complexity index is 1020. The first-order chi connectivity index (χ1) is 13.5. The minimum absolute atomic E-state index is 0.105. The second-order valence-corrected chi connectivity index (χ2v) is 7.20. The molecule has 0 saturated carbocycles. The summed E-state index contributed by atoms with van der Waals surface area (Å²) in [5.41, 5.74) is 2.91. The van der Waals surface area contributed by atoms with Crippen molar-refractivity contribution in [2.45, 2.75) is 13.5 Å². The molecule has 0 radical (unpaired) electrons. The van der Waals surface area contributed by atoms with Crippen molar-refractivity contribution in [3.8, 4) is 5.75 Å². The van der Waals surface area contributed by atoms with Crippen LogP contribution in [0.2, 0.25) is 0 Å². The van der Waals surface area contributed by atoms with Crippen molar-refractivity contribution in [1.29, 1.82) is 0 Å². The van der Waals surface area contributed by atoms with Crippen molar-refractivity contribution in [2.75, 3.05) is 13.7 Å². The van der Waals surface area contributed by atoms with E-state index in [0.717, 1.165) is 32.4 Å². The van der Waals surface area contributed by atoms with Crippen LogP contribution in [0.1, 0.15) is 21.6 Å². The molecule has 0 saturated heterocycles. The van der Waals surface area contributed by atoms with Crippen molar-refractivity contribution in [1.82, 2.24) is 15.6 Å². The van der Waals surface area contributed by atoms with E-state index in [9.17, 15) is 9.59 Å². The Morgan fingerprint density at radius 2 is 1.82 bits per heavy atom. The number of hydrogen-bond acceptors (Lipinski definition) is 4. The monoisotopic (exact) mass is 441 g/mol. The van der Waals surface area contributed by atoms with E-state index in [0.29, 0.717) is 12.1 Å². The third kappa shape index (κ3) is 4.86. The highest BCUT2D eigenvalue weighted by Gasteiger charge is 2.13. The summed E-state index contributed by atoms with van der Waals surface area (Å²) in [5, 5.41) is 6.20. The van der Waals surface area contributed by atoms with Gasteiger partial charge in [0, 0.05) is 22.1 Å². The third-order valence-electron chi connectivity index (χ3n) is 4.20. The number of ether oxygens (including phenoxy) is 1. The molecule has 7 heteroatoms. The van der Waals surface area contributed by atoms with Gasteiger partial charge in [-0.25, -0.2) is 0 Å². The highest BCUT2D eigenvalue weighted by Crippen LogP contribution is 2.22. The molecule has 3 rings (SSSR count). The van der Waals surface area contributed by atoms with Gasteiger partial charge in [0.05, 0.1) is 24.7 Å². The fraction of sp³-hybridized carbons (Fsp3) is 0.190. The molecule has 1 heterocycles. The molecule has 2 N–H and O–H groups in total. The van der Waals surface area contributed by atoms with Crippen LogP contribution in [0.15, 0.2) is 53.0 Å². The van der Waals surface area contributed by atoms with Gasteiger partial charge in [-0.1, -0.05) is 28.1 Å². The van der Waals surface area contributed by atoms with Crippen molar-refractivity contribution in [3.05, 3.63) is 69.8 Å². The number of carbonyl (C=O) groups excluding carboxylic acids is 2. The summed E-state index contributed by atoms with van der Waals surface area (Å²) in [6.07, 6.45) is 0. The fourth-order valence-electron chi connectivity index (χ4n) is 2.78. The van der Waals surface area contributed by atoms with Gasteiger partial charge in [0.2, 0.25) is 5.91 Å². The number of aromatic nitrogens is 1. The van der Waals surface area contributed by atoms with E-state index in [1.165, 1.54) is 0 Å². The molecule has 1 aromatic heterocycles. The maximum Gasteiger partial charge on any atom is 0.252 e. The lowest BCUT2D eigenvalue weighted by Gasteiger charge is -2.10. The first-order valence-corrected chi connectivity index (χ1v) is 9.50. The molecular weight excluding hydrogens is 422 g/mol. The summed E-state index contributed by atoms with van der Waals surface area (Å²) in [7, 11) is 1.60. The summed E-state index contributed by atoms with van der Waals surface area (Å²) in [4.78, 5) is 29.2. The number of rotatable bonds is 6. The largest absolute Gasteiger partial charge is 0.497 e. The van der Waals surface area contributed by atoms with E-state index < -0.39 is 0 Å². The van der Waals surface area contributed by atoms with E-state index in [-0.39, 0.29) is 18.4 Å². The number of methoxy groups -OCH3 is 1. The number of fused-ring (bicyclic) bond motifs is 1. The number of hydrogen-bond donors (Lipinski definition) is 2. The topological polar surface area (TPSA) is 80.3 Å². The Labute approximate surface area is 171 Å². The lowest BCUT2D eigenvalue weighted by Crippen LogP contribution is -2.36. The van der Waals surface area contributed by atoms with Gasteiger partial charge in [-0.05, 0) is 48.9 Å². The van der Waals surface area contributed by atoms with Gasteiger partial charge in [0.25, 0.3) is 5.91 Å². The molecule has 3 aromatic rings. The Morgan fingerprint density at radius 1 is 1.07 bits per heavy atom. The molecule has 2 amide bonds. The van der Waals surface area contributed by atoms with Crippen LogP contribution in [0.4, 0.5) is 0 Å². The number of nitrogens with one attached hydrogen (secondary N) is 2. The van der Waals surface area contributed by atoms with Crippen LogP contribution in [-0.2, 0) is 11.3 Å². The van der Waals surface area contributed by atoms with Crippen LogP contribution < -0.4 is 15.4 Å². The first kappa shape index (κ1) is 19.8. The maximum absolute atomic E-state index is 12.6. The Hall–Kier alpha value is -2.93. The molecular formula is C21H20BrN3O3. The van der Waals surface area contributed by atoms with Gasteiger partial charge < -0.3 is 15.4 Å². The lowest BCUT2D eigenvalue weighted by molar-refractivity contribution is -0.120. The molecule has 28 heavy (non-hydrogen) atoms. The smallest absolute Gasteiger partial charge is 0.252 e. The molecule has 2 aromatic carbocycles. The predicted octanol–water partition coefficient (Wildman–Crippen LogP) is 3.36. The first-order valence-electron chi connectivity index (χ1n) is 8.71.